The van der Waals surface area contributed by atoms with Crippen molar-refractivity contribution in [1.82, 2.24) is 0 Å². The average Bonchev–Trinajstić information content (AvgIpc) is 2.69. The van der Waals surface area contributed by atoms with Crippen LogP contribution in [-0.2, 0) is 9.47 Å². The maximum atomic E-state index is 15.1. The molecule has 2 aliphatic carbocycles. The highest BCUT2D eigenvalue weighted by atomic mass is 30.2. The lowest BCUT2D eigenvalue weighted by molar-refractivity contribution is 0.0921. The summed E-state index contributed by atoms with van der Waals surface area (Å²) in [5.41, 5.74) is 0.342. The molecule has 36 heavy (non-hydrogen) atoms. The second-order valence-electron chi connectivity index (χ2n) is 15.8. The normalized spacial score (nSPS) is 20.2. The lowest BCUT2D eigenvalue weighted by Gasteiger charge is -2.63. The molecule has 0 atom stereocenters. The first kappa shape index (κ1) is 32.5. The molecule has 0 amide bonds. The monoisotopic (exact) mass is 602 g/mol. The van der Waals surface area contributed by atoms with Crippen LogP contribution < -0.4 is 0 Å². The molecule has 2 saturated carbocycles. The molecular weight excluding hydrogens is 545 g/mol. The number of carbonyl (C=O) groups excluding carboxylic acids is 2. The first-order valence-corrected chi connectivity index (χ1v) is 37.7. The number of hydrogen-bond donors (Lipinski definition) is 0. The number of ether oxygens (including phenoxy) is 2. The molecule has 0 aromatic carbocycles. The molecule has 210 valence electrons. The average molecular weight is 603 g/mol. The van der Waals surface area contributed by atoms with Crippen LogP contribution in [0.1, 0.15) is 64.2 Å². The van der Waals surface area contributed by atoms with Crippen LogP contribution in [0.25, 0.3) is 0 Å². The highest BCUT2D eigenvalue weighted by molar-refractivity contribution is 8.17. The fourth-order valence-corrected chi connectivity index (χ4v) is 225. The van der Waals surface area contributed by atoms with Gasteiger partial charge >= 0.3 is 0 Å². The number of carbonyl (C=O) groups is 2. The minimum Gasteiger partial charge on any atom is -0.467 e. The first-order chi connectivity index (χ1) is 16.2. The van der Waals surface area contributed by atoms with Crippen LogP contribution in [0.2, 0.25) is 78.6 Å². The predicted molar refractivity (Wildman–Crippen MR) is 172 cm³/mol. The molecule has 0 aromatic rings. The Bertz CT molecular complexity index is 682. The second kappa shape index (κ2) is 11.4. The van der Waals surface area contributed by atoms with Gasteiger partial charge in [0.25, 0.3) is 11.2 Å². The molecule has 0 saturated heterocycles. The Hall–Kier alpha value is 0.241. The molecule has 0 unspecified atom stereocenters. The van der Waals surface area contributed by atoms with Gasteiger partial charge in [0, 0.05) is 30.4 Å². The molecule has 0 aromatic heterocycles. The van der Waals surface area contributed by atoms with Gasteiger partial charge in [-0.05, 0) is 51.4 Å². The molecule has 4 nitrogen and oxygen atoms in total. The van der Waals surface area contributed by atoms with E-state index in [0.717, 1.165) is 51.4 Å². The Kier molecular flexibility index (Phi) is 10.3. The Balaban J connectivity index is 2.90. The Morgan fingerprint density at radius 2 is 0.667 bits per heavy atom. The fourth-order valence-electron chi connectivity index (χ4n) is 8.88. The van der Waals surface area contributed by atoms with Crippen molar-refractivity contribution >= 4 is 54.8 Å². The summed E-state index contributed by atoms with van der Waals surface area (Å²) in [4.78, 5) is 30.3. The molecule has 2 rings (SSSR count). The molecular formula is C26H58O4Si6. The molecule has 10 heteroatoms. The van der Waals surface area contributed by atoms with E-state index in [9.17, 15) is 0 Å². The van der Waals surface area contributed by atoms with Gasteiger partial charge in [0.05, 0.1) is 0 Å². The van der Waals surface area contributed by atoms with Gasteiger partial charge in [-0.3, -0.25) is 9.59 Å². The van der Waals surface area contributed by atoms with E-state index in [2.05, 4.69) is 78.6 Å². The van der Waals surface area contributed by atoms with Crippen LogP contribution >= 0.6 is 0 Å². The maximum Gasteiger partial charge on any atom is 0.264 e. The standard InChI is InChI=1S/C26H58O4Si6/c1-31(2,3)35(32(4,5)6,25(27)29-23-19-15-13-16-20-23)36(33(7,8)9,34(10,11)12)26(28)30-24-21-17-14-18-22-24/h23-24H,13-22H2,1-12H3. The maximum absolute atomic E-state index is 15.1. The van der Waals surface area contributed by atoms with Gasteiger partial charge in [0.1, 0.15) is 12.2 Å². The summed E-state index contributed by atoms with van der Waals surface area (Å²) in [5.74, 6) is 0. The van der Waals surface area contributed by atoms with Gasteiger partial charge in [-0.15, -0.1) is 0 Å². The second-order valence-corrected chi connectivity index (χ2v) is 78.1. The van der Waals surface area contributed by atoms with Crippen LogP contribution in [-0.4, -0.2) is 67.0 Å². The van der Waals surface area contributed by atoms with E-state index in [1.165, 1.54) is 12.8 Å². The first-order valence-electron chi connectivity index (χ1n) is 14.7. The summed E-state index contributed by atoms with van der Waals surface area (Å²) in [6, 6.07) is 0. The zero-order valence-electron chi connectivity index (χ0n) is 25.9. The lowest BCUT2D eigenvalue weighted by atomic mass is 9.98. The molecule has 2 aliphatic rings. The third-order valence-corrected chi connectivity index (χ3v) is 131. The third-order valence-electron chi connectivity index (χ3n) is 9.33. The quantitative estimate of drug-likeness (QED) is 0.248. The van der Waals surface area contributed by atoms with Crippen LogP contribution in [0.15, 0.2) is 0 Å². The molecule has 0 bridgehead atoms. The van der Waals surface area contributed by atoms with Crippen molar-refractivity contribution in [1.29, 1.82) is 0 Å². The molecule has 0 spiro atoms. The molecule has 0 heterocycles. The van der Waals surface area contributed by atoms with Gasteiger partial charge in [-0.2, -0.15) is 0 Å². The van der Waals surface area contributed by atoms with Gasteiger partial charge in [0.2, 0.25) is 0 Å². The van der Waals surface area contributed by atoms with E-state index in [0.29, 0.717) is 0 Å². The van der Waals surface area contributed by atoms with Gasteiger partial charge < -0.3 is 9.47 Å². The highest BCUT2D eigenvalue weighted by Gasteiger charge is 2.83. The van der Waals surface area contributed by atoms with E-state index in [1.807, 2.05) is 0 Å². The van der Waals surface area contributed by atoms with Gasteiger partial charge in [0.15, 0.2) is 13.3 Å². The Morgan fingerprint density at radius 3 is 0.861 bits per heavy atom. The van der Waals surface area contributed by atoms with Crippen molar-refractivity contribution in [3.63, 3.8) is 0 Å². The summed E-state index contributed by atoms with van der Waals surface area (Å²) in [7, 11) is -8.59. The summed E-state index contributed by atoms with van der Waals surface area (Å²) in [6.07, 6.45) is 11.2. The topological polar surface area (TPSA) is 52.6 Å². The summed E-state index contributed by atoms with van der Waals surface area (Å²) < 4.78 is 13.4. The molecule has 0 N–H and O–H groups in total. The molecule has 0 radical (unpaired) electrons. The minimum absolute atomic E-state index is 0.0511. The summed E-state index contributed by atoms with van der Waals surface area (Å²) in [5, 5.41) is 0. The van der Waals surface area contributed by atoms with Crippen LogP contribution in [0, 0.1) is 0 Å². The number of rotatable bonds is 9. The Labute approximate surface area is 228 Å². The van der Waals surface area contributed by atoms with Crippen LogP contribution in [0.3, 0.4) is 0 Å². The number of hydrogen-bond acceptors (Lipinski definition) is 4. The predicted octanol–water partition coefficient (Wildman–Crippen LogP) is 8.73. The largest absolute Gasteiger partial charge is 0.467 e. The van der Waals surface area contributed by atoms with E-state index >= 15 is 9.59 Å². The van der Waals surface area contributed by atoms with Crippen molar-refractivity contribution in [2.75, 3.05) is 0 Å². The van der Waals surface area contributed by atoms with Crippen molar-refractivity contribution in [2.45, 2.75) is 155 Å². The van der Waals surface area contributed by atoms with Gasteiger partial charge in [-0.25, -0.2) is 0 Å². The fraction of sp³-hybridized carbons (Fsp3) is 0.923. The van der Waals surface area contributed by atoms with Crippen LogP contribution in [0.5, 0.6) is 0 Å². The third kappa shape index (κ3) is 5.73. The van der Waals surface area contributed by atoms with Crippen molar-refractivity contribution < 1.29 is 19.1 Å². The van der Waals surface area contributed by atoms with E-state index in [4.69, 9.17) is 9.47 Å². The van der Waals surface area contributed by atoms with Crippen molar-refractivity contribution in [3.05, 3.63) is 0 Å². The zero-order chi connectivity index (χ0) is 27.8. The van der Waals surface area contributed by atoms with E-state index in [-0.39, 0.29) is 23.4 Å². The lowest BCUT2D eigenvalue weighted by Crippen LogP contribution is -3.01. The summed E-state index contributed by atoms with van der Waals surface area (Å²) in [6.45, 7) is 23.5. The van der Waals surface area contributed by atoms with Crippen molar-refractivity contribution in [2.24, 2.45) is 0 Å². The SMILES string of the molecule is C[Si](C)(C)[Si](C(=O)OC1CCCCC1)([Si](C)(C)C)[Si](C(=O)OC1CCCCC1)([Si](C)(C)C)[Si](C)(C)C. The highest BCUT2D eigenvalue weighted by Crippen LogP contribution is 2.48. The van der Waals surface area contributed by atoms with Gasteiger partial charge in [-0.1, -0.05) is 91.4 Å². The van der Waals surface area contributed by atoms with E-state index < -0.39 is 43.6 Å². The van der Waals surface area contributed by atoms with E-state index in [1.54, 1.807) is 0 Å². The Morgan fingerprint density at radius 1 is 0.444 bits per heavy atom. The van der Waals surface area contributed by atoms with Crippen molar-refractivity contribution in [3.8, 4) is 0 Å². The molecule has 0 aliphatic heterocycles. The summed E-state index contributed by atoms with van der Waals surface area (Å²) >= 11 is 0. The smallest absolute Gasteiger partial charge is 0.264 e. The van der Waals surface area contributed by atoms with Crippen LogP contribution in [0.4, 0.5) is 9.59 Å². The minimum atomic E-state index is -2.88. The molecule has 2 fully saturated rings. The zero-order valence-corrected chi connectivity index (χ0v) is 31.9.